The third-order valence-electron chi connectivity index (χ3n) is 3.27. The van der Waals surface area contributed by atoms with Crippen molar-refractivity contribution in [2.45, 2.75) is 40.5 Å². The third kappa shape index (κ3) is 2.64. The van der Waals surface area contributed by atoms with E-state index in [1.165, 1.54) is 18.5 Å². The molecule has 0 saturated heterocycles. The van der Waals surface area contributed by atoms with E-state index < -0.39 is 0 Å². The first-order valence-electron chi connectivity index (χ1n) is 6.40. The standard InChI is InChI=1S/C12H19N.C2H6/c1-4-9-6-10-7-11(10)8-12(9)13(3)5-2;1-2/h6,8,10-11H,4-5,7H2,1-3H3;1-2H3. The average molecular weight is 207 g/mol. The van der Waals surface area contributed by atoms with Gasteiger partial charge in [0.25, 0.3) is 0 Å². The summed E-state index contributed by atoms with van der Waals surface area (Å²) in [4.78, 5) is 2.36. The molecule has 0 N–H and O–H groups in total. The monoisotopic (exact) mass is 207 g/mol. The molecule has 0 aromatic carbocycles. The van der Waals surface area contributed by atoms with E-state index in [9.17, 15) is 0 Å². The van der Waals surface area contributed by atoms with Gasteiger partial charge in [0.05, 0.1) is 0 Å². The van der Waals surface area contributed by atoms with E-state index in [4.69, 9.17) is 0 Å². The van der Waals surface area contributed by atoms with Gasteiger partial charge in [-0.15, -0.1) is 0 Å². The van der Waals surface area contributed by atoms with E-state index in [1.54, 1.807) is 5.57 Å². The summed E-state index contributed by atoms with van der Waals surface area (Å²) in [6, 6.07) is 0. The van der Waals surface area contributed by atoms with Crippen LogP contribution in [-0.4, -0.2) is 18.5 Å². The summed E-state index contributed by atoms with van der Waals surface area (Å²) in [5.41, 5.74) is 3.05. The fraction of sp³-hybridized carbons (Fsp3) is 0.714. The molecular formula is C14H25N. The summed E-state index contributed by atoms with van der Waals surface area (Å²) in [7, 11) is 2.19. The lowest BCUT2D eigenvalue weighted by Crippen LogP contribution is -2.19. The van der Waals surface area contributed by atoms with Gasteiger partial charge in [-0.2, -0.15) is 0 Å². The van der Waals surface area contributed by atoms with Crippen LogP contribution in [0, 0.1) is 11.8 Å². The Kier molecular flexibility index (Phi) is 4.44. The highest BCUT2D eigenvalue weighted by Crippen LogP contribution is 2.47. The average Bonchev–Trinajstić information content (AvgIpc) is 3.06. The molecule has 1 heteroatoms. The van der Waals surface area contributed by atoms with Crippen LogP contribution in [0.15, 0.2) is 23.4 Å². The molecule has 2 rings (SSSR count). The number of nitrogens with zero attached hydrogens (tertiary/aromatic N) is 1. The second kappa shape index (κ2) is 5.39. The number of likely N-dealkylation sites (N-methyl/N-ethyl adjacent to an activating group) is 1. The molecule has 0 bridgehead atoms. The van der Waals surface area contributed by atoms with Crippen molar-refractivity contribution in [3.8, 4) is 0 Å². The molecule has 2 atom stereocenters. The van der Waals surface area contributed by atoms with Crippen LogP contribution in [-0.2, 0) is 0 Å². The predicted molar refractivity (Wildman–Crippen MR) is 67.7 cm³/mol. The van der Waals surface area contributed by atoms with E-state index in [1.807, 2.05) is 13.8 Å². The van der Waals surface area contributed by atoms with Gasteiger partial charge in [0.15, 0.2) is 0 Å². The lowest BCUT2D eigenvalue weighted by atomic mass is 10.0. The second-order valence-electron chi connectivity index (χ2n) is 4.17. The van der Waals surface area contributed by atoms with Crippen LogP contribution in [0.2, 0.25) is 0 Å². The van der Waals surface area contributed by atoms with Crippen molar-refractivity contribution in [3.63, 3.8) is 0 Å². The smallest absolute Gasteiger partial charge is 0.0355 e. The van der Waals surface area contributed by atoms with Gasteiger partial charge in [0, 0.05) is 19.3 Å². The van der Waals surface area contributed by atoms with Crippen molar-refractivity contribution in [3.05, 3.63) is 23.4 Å². The van der Waals surface area contributed by atoms with Crippen molar-refractivity contribution < 1.29 is 0 Å². The van der Waals surface area contributed by atoms with Gasteiger partial charge < -0.3 is 4.90 Å². The molecule has 2 unspecified atom stereocenters. The van der Waals surface area contributed by atoms with Crippen LogP contribution in [0.25, 0.3) is 0 Å². The Morgan fingerprint density at radius 3 is 2.33 bits per heavy atom. The summed E-state index contributed by atoms with van der Waals surface area (Å²) < 4.78 is 0. The first-order valence-corrected chi connectivity index (χ1v) is 6.40. The molecule has 0 aliphatic heterocycles. The molecule has 86 valence electrons. The van der Waals surface area contributed by atoms with Crippen molar-refractivity contribution >= 4 is 0 Å². The van der Waals surface area contributed by atoms with Crippen molar-refractivity contribution in [1.29, 1.82) is 0 Å². The Labute approximate surface area is 94.9 Å². The molecule has 0 heterocycles. The summed E-state index contributed by atoms with van der Waals surface area (Å²) in [6.07, 6.45) is 7.54. The Morgan fingerprint density at radius 2 is 1.80 bits per heavy atom. The molecule has 1 nitrogen and oxygen atoms in total. The number of allylic oxidation sites excluding steroid dienone is 3. The normalized spacial score (nSPS) is 26.7. The first kappa shape index (κ1) is 12.4. The lowest BCUT2D eigenvalue weighted by Gasteiger charge is -2.25. The summed E-state index contributed by atoms with van der Waals surface area (Å²) in [5, 5.41) is 0. The minimum Gasteiger partial charge on any atom is -0.375 e. The van der Waals surface area contributed by atoms with Crippen LogP contribution in [0.1, 0.15) is 40.5 Å². The van der Waals surface area contributed by atoms with Gasteiger partial charge in [-0.05, 0) is 37.2 Å². The highest BCUT2D eigenvalue weighted by Gasteiger charge is 2.37. The number of hydrogen-bond donors (Lipinski definition) is 0. The third-order valence-corrected chi connectivity index (χ3v) is 3.27. The molecule has 0 radical (unpaired) electrons. The van der Waals surface area contributed by atoms with E-state index in [-0.39, 0.29) is 0 Å². The van der Waals surface area contributed by atoms with Crippen LogP contribution < -0.4 is 0 Å². The Morgan fingerprint density at radius 1 is 1.20 bits per heavy atom. The highest BCUT2D eigenvalue weighted by molar-refractivity contribution is 5.38. The number of rotatable bonds is 3. The van der Waals surface area contributed by atoms with Crippen LogP contribution in [0.4, 0.5) is 0 Å². The molecule has 1 fully saturated rings. The fourth-order valence-electron chi connectivity index (χ4n) is 2.11. The van der Waals surface area contributed by atoms with E-state index in [0.717, 1.165) is 18.4 Å². The predicted octanol–water partition coefficient (Wildman–Crippen LogP) is 3.83. The molecular weight excluding hydrogens is 182 g/mol. The quantitative estimate of drug-likeness (QED) is 0.679. The summed E-state index contributed by atoms with van der Waals surface area (Å²) in [6.45, 7) is 9.58. The maximum Gasteiger partial charge on any atom is 0.0355 e. The van der Waals surface area contributed by atoms with Gasteiger partial charge in [-0.3, -0.25) is 0 Å². The summed E-state index contributed by atoms with van der Waals surface area (Å²) in [5.74, 6) is 1.77. The maximum atomic E-state index is 2.49. The lowest BCUT2D eigenvalue weighted by molar-refractivity contribution is 0.441. The van der Waals surface area contributed by atoms with E-state index in [2.05, 4.69) is 37.9 Å². The van der Waals surface area contributed by atoms with Crippen LogP contribution >= 0.6 is 0 Å². The SMILES string of the molecule is CC.CCC1=CC2CC2C=C1N(C)CC. The Balaban J connectivity index is 0.000000531. The van der Waals surface area contributed by atoms with Gasteiger partial charge in [0.2, 0.25) is 0 Å². The molecule has 2 aliphatic carbocycles. The molecule has 0 aromatic heterocycles. The number of fused-ring (bicyclic) bond motifs is 1. The highest BCUT2D eigenvalue weighted by atomic mass is 15.1. The second-order valence-corrected chi connectivity index (χ2v) is 4.17. The van der Waals surface area contributed by atoms with E-state index in [0.29, 0.717) is 0 Å². The zero-order chi connectivity index (χ0) is 11.4. The maximum absolute atomic E-state index is 2.49. The zero-order valence-corrected chi connectivity index (χ0v) is 10.9. The molecule has 0 spiro atoms. The van der Waals surface area contributed by atoms with E-state index >= 15 is 0 Å². The fourth-order valence-corrected chi connectivity index (χ4v) is 2.11. The molecule has 0 amide bonds. The van der Waals surface area contributed by atoms with Crippen molar-refractivity contribution in [2.24, 2.45) is 11.8 Å². The molecule has 2 aliphatic rings. The van der Waals surface area contributed by atoms with Gasteiger partial charge >= 0.3 is 0 Å². The van der Waals surface area contributed by atoms with Gasteiger partial charge in [0.1, 0.15) is 0 Å². The largest absolute Gasteiger partial charge is 0.375 e. The van der Waals surface area contributed by atoms with Crippen LogP contribution in [0.5, 0.6) is 0 Å². The summed E-state index contributed by atoms with van der Waals surface area (Å²) >= 11 is 0. The van der Waals surface area contributed by atoms with Gasteiger partial charge in [-0.1, -0.05) is 32.9 Å². The molecule has 1 saturated carbocycles. The van der Waals surface area contributed by atoms with Crippen molar-refractivity contribution in [2.75, 3.05) is 13.6 Å². The van der Waals surface area contributed by atoms with Crippen molar-refractivity contribution in [1.82, 2.24) is 4.90 Å². The minimum atomic E-state index is 0.874. The van der Waals surface area contributed by atoms with Gasteiger partial charge in [-0.25, -0.2) is 0 Å². The Bertz CT molecular complexity index is 263. The first-order chi connectivity index (χ1) is 7.26. The molecule has 15 heavy (non-hydrogen) atoms. The Hall–Kier alpha value is -0.720. The van der Waals surface area contributed by atoms with Crippen LogP contribution in [0.3, 0.4) is 0 Å². The minimum absolute atomic E-state index is 0.874. The molecule has 0 aromatic rings. The zero-order valence-electron chi connectivity index (χ0n) is 10.9. The number of hydrogen-bond acceptors (Lipinski definition) is 1. The topological polar surface area (TPSA) is 3.24 Å².